The third-order valence-electron chi connectivity index (χ3n) is 2.04. The molecule has 0 aromatic carbocycles. The van der Waals surface area contributed by atoms with Crippen molar-refractivity contribution in [3.8, 4) is 6.07 Å². The van der Waals surface area contributed by atoms with Crippen LogP contribution in [0.15, 0.2) is 21.1 Å². The van der Waals surface area contributed by atoms with Crippen LogP contribution >= 0.6 is 11.8 Å². The number of furan rings is 1. The van der Waals surface area contributed by atoms with E-state index in [1.54, 1.807) is 13.0 Å². The summed E-state index contributed by atoms with van der Waals surface area (Å²) in [6.07, 6.45) is 1.51. The van der Waals surface area contributed by atoms with Gasteiger partial charge in [0.2, 0.25) is 0 Å². The van der Waals surface area contributed by atoms with Crippen LogP contribution in [0.3, 0.4) is 0 Å². The third-order valence-corrected chi connectivity index (χ3v) is 2.91. The largest absolute Gasteiger partial charge is 0.462 e. The molecule has 1 heterocycles. The second kappa shape index (κ2) is 6.92. The molecule has 1 aromatic rings. The van der Waals surface area contributed by atoms with Crippen LogP contribution in [-0.4, -0.2) is 18.3 Å². The fourth-order valence-corrected chi connectivity index (χ4v) is 2.10. The molecule has 5 heteroatoms. The van der Waals surface area contributed by atoms with Crippen molar-refractivity contribution < 1.29 is 13.9 Å². The summed E-state index contributed by atoms with van der Waals surface area (Å²) in [6, 6.07) is 3.65. The Kier molecular flexibility index (Phi) is 5.53. The molecule has 1 aromatic heterocycles. The van der Waals surface area contributed by atoms with Gasteiger partial charge >= 0.3 is 5.97 Å². The van der Waals surface area contributed by atoms with Gasteiger partial charge in [0, 0.05) is 5.56 Å². The molecule has 0 bridgehead atoms. The quantitative estimate of drug-likeness (QED) is 0.354. The van der Waals surface area contributed by atoms with Crippen LogP contribution in [0.1, 0.15) is 25.2 Å². The molecular formula is C13H15NO3S. The lowest BCUT2D eigenvalue weighted by Crippen LogP contribution is -2.05. The molecule has 0 aliphatic heterocycles. The number of nitrogens with zero attached hydrogens (tertiary/aromatic N) is 1. The summed E-state index contributed by atoms with van der Waals surface area (Å²) in [4.78, 5) is 11.5. The molecule has 18 heavy (non-hydrogen) atoms. The number of hydrogen-bond acceptors (Lipinski definition) is 5. The van der Waals surface area contributed by atoms with E-state index in [0.717, 1.165) is 17.1 Å². The second-order valence-corrected chi connectivity index (χ2v) is 4.66. The second-order valence-electron chi connectivity index (χ2n) is 3.42. The highest BCUT2D eigenvalue weighted by atomic mass is 32.2. The first kappa shape index (κ1) is 14.4. The van der Waals surface area contributed by atoms with E-state index in [4.69, 9.17) is 14.4 Å². The average molecular weight is 265 g/mol. The first-order chi connectivity index (χ1) is 8.62. The van der Waals surface area contributed by atoms with Gasteiger partial charge in [-0.25, -0.2) is 4.79 Å². The van der Waals surface area contributed by atoms with Crippen molar-refractivity contribution in [2.75, 3.05) is 12.4 Å². The molecule has 0 N–H and O–H groups in total. The van der Waals surface area contributed by atoms with Crippen molar-refractivity contribution in [2.24, 2.45) is 0 Å². The summed E-state index contributed by atoms with van der Waals surface area (Å²) in [6.45, 7) is 5.78. The Morgan fingerprint density at radius 2 is 2.33 bits per heavy atom. The number of carbonyl (C=O) groups excluding carboxylic acids is 1. The Morgan fingerprint density at radius 3 is 2.89 bits per heavy atom. The smallest absolute Gasteiger partial charge is 0.348 e. The van der Waals surface area contributed by atoms with E-state index >= 15 is 0 Å². The normalized spacial score (nSPS) is 11.1. The molecule has 0 spiro atoms. The molecule has 0 saturated carbocycles. The molecule has 0 atom stereocenters. The highest BCUT2D eigenvalue weighted by Gasteiger charge is 2.13. The van der Waals surface area contributed by atoms with Crippen LogP contribution in [0.2, 0.25) is 0 Å². The molecule has 0 amide bonds. The Labute approximate surface area is 111 Å². The molecule has 0 fully saturated rings. The lowest BCUT2D eigenvalue weighted by molar-refractivity contribution is -0.137. The van der Waals surface area contributed by atoms with Crippen LogP contribution in [0, 0.1) is 18.3 Å². The third kappa shape index (κ3) is 3.67. The van der Waals surface area contributed by atoms with Crippen molar-refractivity contribution in [1.29, 1.82) is 5.26 Å². The van der Waals surface area contributed by atoms with Gasteiger partial charge in [-0.15, -0.1) is 0 Å². The maximum atomic E-state index is 11.5. The fraction of sp³-hybridized carbons (Fsp3) is 0.385. The average Bonchev–Trinajstić information content (AvgIpc) is 2.67. The van der Waals surface area contributed by atoms with E-state index in [9.17, 15) is 4.79 Å². The Bertz CT molecular complexity index is 497. The monoisotopic (exact) mass is 265 g/mol. The van der Waals surface area contributed by atoms with E-state index in [1.807, 2.05) is 19.9 Å². The highest BCUT2D eigenvalue weighted by molar-refractivity contribution is 7.99. The summed E-state index contributed by atoms with van der Waals surface area (Å²) in [5.74, 6) is 0.999. The van der Waals surface area contributed by atoms with Gasteiger partial charge in [-0.1, -0.05) is 18.7 Å². The van der Waals surface area contributed by atoms with E-state index in [0.29, 0.717) is 5.09 Å². The lowest BCUT2D eigenvalue weighted by Gasteiger charge is -1.99. The summed E-state index contributed by atoms with van der Waals surface area (Å²) in [5.41, 5.74) is 0.722. The number of carbonyl (C=O) groups is 1. The van der Waals surface area contributed by atoms with E-state index in [1.165, 1.54) is 17.8 Å². The molecule has 1 rings (SSSR count). The first-order valence-corrected chi connectivity index (χ1v) is 6.63. The number of esters is 1. The van der Waals surface area contributed by atoms with Gasteiger partial charge in [0.15, 0.2) is 5.09 Å². The number of hydrogen-bond donors (Lipinski definition) is 0. The van der Waals surface area contributed by atoms with Crippen LogP contribution in [0.4, 0.5) is 0 Å². The van der Waals surface area contributed by atoms with E-state index in [-0.39, 0.29) is 12.2 Å². The molecule has 0 aliphatic rings. The molecule has 0 unspecified atom stereocenters. The van der Waals surface area contributed by atoms with Gasteiger partial charge in [0.05, 0.1) is 6.61 Å². The SMILES string of the molecule is CCOC(=O)/C(C#N)=C/c1cc(C)oc1SCC. The molecular weight excluding hydrogens is 250 g/mol. The minimum Gasteiger partial charge on any atom is -0.462 e. The van der Waals surface area contributed by atoms with E-state index in [2.05, 4.69) is 0 Å². The predicted molar refractivity (Wildman–Crippen MR) is 70.1 cm³/mol. The standard InChI is InChI=1S/C13H15NO3S/c1-4-16-12(15)11(8-14)7-10-6-9(3)17-13(10)18-5-2/h6-7H,4-5H2,1-3H3/b11-7+. The predicted octanol–water partition coefficient (Wildman–Crippen LogP) is 3.17. The Balaban J connectivity index is 3.05. The number of thioether (sulfide) groups is 1. The zero-order valence-electron chi connectivity index (χ0n) is 10.6. The van der Waals surface area contributed by atoms with Crippen LogP contribution in [0.25, 0.3) is 6.08 Å². The van der Waals surface area contributed by atoms with Gasteiger partial charge in [-0.3, -0.25) is 0 Å². The molecule has 0 saturated heterocycles. The van der Waals surface area contributed by atoms with Crippen LogP contribution < -0.4 is 0 Å². The maximum absolute atomic E-state index is 11.5. The minimum absolute atomic E-state index is 0.0180. The first-order valence-electron chi connectivity index (χ1n) is 5.64. The van der Waals surface area contributed by atoms with E-state index < -0.39 is 5.97 Å². The number of nitriles is 1. The summed E-state index contributed by atoms with van der Waals surface area (Å²) in [7, 11) is 0. The van der Waals surface area contributed by atoms with Crippen LogP contribution in [-0.2, 0) is 9.53 Å². The van der Waals surface area contributed by atoms with Gasteiger partial charge in [0.25, 0.3) is 0 Å². The summed E-state index contributed by atoms with van der Waals surface area (Å²) >= 11 is 1.53. The van der Waals surface area contributed by atoms with Crippen molar-refractivity contribution in [1.82, 2.24) is 0 Å². The summed E-state index contributed by atoms with van der Waals surface area (Å²) < 4.78 is 10.3. The van der Waals surface area contributed by atoms with Gasteiger partial charge in [-0.2, -0.15) is 5.26 Å². The summed E-state index contributed by atoms with van der Waals surface area (Å²) in [5, 5.41) is 9.67. The van der Waals surface area contributed by atoms with Crippen molar-refractivity contribution >= 4 is 23.8 Å². The van der Waals surface area contributed by atoms with Crippen molar-refractivity contribution in [2.45, 2.75) is 25.9 Å². The topological polar surface area (TPSA) is 63.2 Å². The van der Waals surface area contributed by atoms with Crippen molar-refractivity contribution in [3.05, 3.63) is 23.0 Å². The zero-order valence-corrected chi connectivity index (χ0v) is 11.5. The molecule has 0 aliphatic carbocycles. The minimum atomic E-state index is -0.605. The Morgan fingerprint density at radius 1 is 1.61 bits per heavy atom. The molecule has 0 radical (unpaired) electrons. The lowest BCUT2D eigenvalue weighted by atomic mass is 10.2. The molecule has 4 nitrogen and oxygen atoms in total. The zero-order chi connectivity index (χ0) is 13.5. The number of ether oxygens (including phenoxy) is 1. The van der Waals surface area contributed by atoms with Gasteiger partial charge in [-0.05, 0) is 31.7 Å². The Hall–Kier alpha value is -1.67. The van der Waals surface area contributed by atoms with Gasteiger partial charge < -0.3 is 9.15 Å². The number of rotatable bonds is 5. The highest BCUT2D eigenvalue weighted by Crippen LogP contribution is 2.28. The fourth-order valence-electron chi connectivity index (χ4n) is 1.36. The van der Waals surface area contributed by atoms with Crippen LogP contribution in [0.5, 0.6) is 0 Å². The maximum Gasteiger partial charge on any atom is 0.348 e. The van der Waals surface area contributed by atoms with Crippen molar-refractivity contribution in [3.63, 3.8) is 0 Å². The molecule has 96 valence electrons. The van der Waals surface area contributed by atoms with Gasteiger partial charge in [0.1, 0.15) is 17.4 Å². The number of aryl methyl sites for hydroxylation is 1.